The van der Waals surface area contributed by atoms with Gasteiger partial charge in [-0.05, 0) is 49.4 Å². The highest BCUT2D eigenvalue weighted by Crippen LogP contribution is 2.31. The lowest BCUT2D eigenvalue weighted by molar-refractivity contribution is -0.155. The Balaban J connectivity index is 1.90. The molecule has 0 aromatic heterocycles. The molecule has 2 aromatic carbocycles. The lowest BCUT2D eigenvalue weighted by Gasteiger charge is -2.33. The zero-order chi connectivity index (χ0) is 23.4. The van der Waals surface area contributed by atoms with E-state index in [1.165, 1.54) is 6.92 Å². The summed E-state index contributed by atoms with van der Waals surface area (Å²) in [5.41, 5.74) is 6.82. The van der Waals surface area contributed by atoms with Crippen molar-refractivity contribution in [3.63, 3.8) is 0 Å². The molecule has 1 fully saturated rings. The molecule has 3 amide bonds. The molecule has 32 heavy (non-hydrogen) atoms. The Morgan fingerprint density at radius 2 is 1.75 bits per heavy atom. The van der Waals surface area contributed by atoms with Gasteiger partial charge in [0, 0.05) is 13.1 Å². The summed E-state index contributed by atoms with van der Waals surface area (Å²) in [7, 11) is 1.65. The van der Waals surface area contributed by atoms with Crippen molar-refractivity contribution in [1.82, 2.24) is 9.80 Å². The van der Waals surface area contributed by atoms with Crippen molar-refractivity contribution in [2.75, 3.05) is 7.05 Å². The predicted octanol–water partition coefficient (Wildman–Crippen LogP) is 2.96. The lowest BCUT2D eigenvalue weighted by Crippen LogP contribution is -2.56. The van der Waals surface area contributed by atoms with Crippen molar-refractivity contribution >= 4 is 17.7 Å². The number of carbonyl (C=O) groups excluding carboxylic acids is 3. The van der Waals surface area contributed by atoms with Crippen molar-refractivity contribution in [2.45, 2.75) is 50.7 Å². The number of nitrogens with zero attached hydrogens (tertiary/aromatic N) is 2. The summed E-state index contributed by atoms with van der Waals surface area (Å²) in [5, 5.41) is 0. The highest BCUT2D eigenvalue weighted by atomic mass is 19.1. The van der Waals surface area contributed by atoms with E-state index < -0.39 is 42.0 Å². The number of hydrogen-bond acceptors (Lipinski definition) is 4. The molecule has 0 aliphatic carbocycles. The zero-order valence-electron chi connectivity index (χ0n) is 18.1. The van der Waals surface area contributed by atoms with Crippen molar-refractivity contribution < 1.29 is 23.2 Å². The Bertz CT molecular complexity index is 977. The van der Waals surface area contributed by atoms with E-state index in [1.54, 1.807) is 11.9 Å². The van der Waals surface area contributed by atoms with Crippen LogP contribution in [0, 0.1) is 11.6 Å². The fourth-order valence-electron chi connectivity index (χ4n) is 4.16. The first kappa shape index (κ1) is 23.5. The van der Waals surface area contributed by atoms with Crippen LogP contribution in [-0.2, 0) is 20.8 Å². The van der Waals surface area contributed by atoms with E-state index in [0.29, 0.717) is 18.9 Å². The van der Waals surface area contributed by atoms with Crippen LogP contribution in [0.3, 0.4) is 0 Å². The van der Waals surface area contributed by atoms with Crippen LogP contribution in [0.25, 0.3) is 0 Å². The molecule has 0 radical (unpaired) electrons. The van der Waals surface area contributed by atoms with Crippen LogP contribution in [-0.4, -0.2) is 46.7 Å². The standard InChI is InChI=1S/C24H27F2N3O3/c1-15(27)23(31)29(22(30)13-16-11-18(25)14-19(26)12-16)21-10-6-9-20(28(2)24(21)32)17-7-4-3-5-8-17/h3-5,7-8,11-12,14-15,20-21H,6,9-10,13,27H2,1-2H3/t15-,20+,21-/m0/s1. The minimum absolute atomic E-state index is 0.0755. The van der Waals surface area contributed by atoms with Crippen molar-refractivity contribution in [3.05, 3.63) is 71.3 Å². The van der Waals surface area contributed by atoms with Crippen LogP contribution in [0.4, 0.5) is 8.78 Å². The quantitative estimate of drug-likeness (QED) is 0.770. The van der Waals surface area contributed by atoms with Crippen LogP contribution in [0.15, 0.2) is 48.5 Å². The first-order valence-electron chi connectivity index (χ1n) is 10.6. The van der Waals surface area contributed by atoms with Gasteiger partial charge in [0.05, 0.1) is 18.5 Å². The van der Waals surface area contributed by atoms with Gasteiger partial charge in [-0.15, -0.1) is 0 Å². The highest BCUT2D eigenvalue weighted by molar-refractivity contribution is 6.02. The largest absolute Gasteiger partial charge is 0.337 e. The molecule has 1 heterocycles. The summed E-state index contributed by atoms with van der Waals surface area (Å²) in [6, 6.07) is 10.1. The summed E-state index contributed by atoms with van der Waals surface area (Å²) >= 11 is 0. The number of benzene rings is 2. The summed E-state index contributed by atoms with van der Waals surface area (Å²) < 4.78 is 27.2. The smallest absolute Gasteiger partial charge is 0.246 e. The number of imide groups is 1. The molecule has 0 spiro atoms. The molecule has 2 aromatic rings. The van der Waals surface area contributed by atoms with Gasteiger partial charge in [-0.3, -0.25) is 19.3 Å². The summed E-state index contributed by atoms with van der Waals surface area (Å²) in [4.78, 5) is 41.8. The molecule has 1 aliphatic rings. The number of rotatable bonds is 5. The van der Waals surface area contributed by atoms with Gasteiger partial charge in [0.25, 0.3) is 0 Å². The van der Waals surface area contributed by atoms with E-state index in [0.717, 1.165) is 22.6 Å². The summed E-state index contributed by atoms with van der Waals surface area (Å²) in [6.07, 6.45) is 1.13. The van der Waals surface area contributed by atoms with E-state index in [2.05, 4.69) is 0 Å². The third kappa shape index (κ3) is 5.19. The number of nitrogens with two attached hydrogens (primary N) is 1. The minimum Gasteiger partial charge on any atom is -0.337 e. The van der Waals surface area contributed by atoms with Crippen LogP contribution in [0.2, 0.25) is 0 Å². The Hall–Kier alpha value is -3.13. The molecule has 1 saturated heterocycles. The second-order valence-corrected chi connectivity index (χ2v) is 8.17. The molecule has 0 saturated carbocycles. The third-order valence-electron chi connectivity index (χ3n) is 5.72. The van der Waals surface area contributed by atoms with Crippen molar-refractivity contribution in [3.8, 4) is 0 Å². The number of carbonyl (C=O) groups is 3. The zero-order valence-corrected chi connectivity index (χ0v) is 18.1. The van der Waals surface area contributed by atoms with Gasteiger partial charge in [-0.25, -0.2) is 8.78 Å². The van der Waals surface area contributed by atoms with Gasteiger partial charge < -0.3 is 10.6 Å². The normalized spacial score (nSPS) is 19.9. The molecule has 3 atom stereocenters. The van der Waals surface area contributed by atoms with Gasteiger partial charge >= 0.3 is 0 Å². The average molecular weight is 443 g/mol. The monoisotopic (exact) mass is 443 g/mol. The van der Waals surface area contributed by atoms with Crippen LogP contribution in [0.1, 0.15) is 43.4 Å². The maximum absolute atomic E-state index is 13.6. The second kappa shape index (κ2) is 9.99. The minimum atomic E-state index is -1.03. The van der Waals surface area contributed by atoms with E-state index in [9.17, 15) is 23.2 Å². The van der Waals surface area contributed by atoms with E-state index in [1.807, 2.05) is 30.3 Å². The van der Waals surface area contributed by atoms with Crippen LogP contribution >= 0.6 is 0 Å². The topological polar surface area (TPSA) is 83.7 Å². The molecule has 3 rings (SSSR count). The van der Waals surface area contributed by atoms with Gasteiger partial charge in [0.1, 0.15) is 17.7 Å². The second-order valence-electron chi connectivity index (χ2n) is 8.17. The molecule has 1 aliphatic heterocycles. The fourth-order valence-corrected chi connectivity index (χ4v) is 4.16. The molecule has 2 N–H and O–H groups in total. The van der Waals surface area contributed by atoms with Gasteiger partial charge in [0.15, 0.2) is 0 Å². The van der Waals surface area contributed by atoms with Gasteiger partial charge in [0.2, 0.25) is 17.7 Å². The maximum atomic E-state index is 13.6. The molecule has 6 nitrogen and oxygen atoms in total. The number of hydrogen-bond donors (Lipinski definition) is 1. The average Bonchev–Trinajstić information content (AvgIpc) is 2.87. The highest BCUT2D eigenvalue weighted by Gasteiger charge is 2.40. The lowest BCUT2D eigenvalue weighted by atomic mass is 10.0. The van der Waals surface area contributed by atoms with Crippen molar-refractivity contribution in [1.29, 1.82) is 0 Å². The fraction of sp³-hybridized carbons (Fsp3) is 0.375. The van der Waals surface area contributed by atoms with E-state index in [4.69, 9.17) is 5.73 Å². The van der Waals surface area contributed by atoms with E-state index in [-0.39, 0.29) is 23.9 Å². The first-order valence-corrected chi connectivity index (χ1v) is 10.6. The number of halogens is 2. The molecule has 8 heteroatoms. The number of amides is 3. The maximum Gasteiger partial charge on any atom is 0.246 e. The molecule has 0 unspecified atom stereocenters. The third-order valence-corrected chi connectivity index (χ3v) is 5.72. The molecule has 170 valence electrons. The molecule has 0 bridgehead atoms. The van der Waals surface area contributed by atoms with Gasteiger partial charge in [-0.2, -0.15) is 0 Å². The Morgan fingerprint density at radius 3 is 2.34 bits per heavy atom. The van der Waals surface area contributed by atoms with Crippen LogP contribution in [0.5, 0.6) is 0 Å². The summed E-state index contributed by atoms with van der Waals surface area (Å²) in [5.74, 6) is -3.44. The Kier molecular flexibility index (Phi) is 7.35. The molecular weight excluding hydrogens is 416 g/mol. The Morgan fingerprint density at radius 1 is 1.12 bits per heavy atom. The number of likely N-dealkylation sites (tertiary alicyclic amines) is 1. The summed E-state index contributed by atoms with van der Waals surface area (Å²) in [6.45, 7) is 1.43. The van der Waals surface area contributed by atoms with Crippen molar-refractivity contribution in [2.24, 2.45) is 5.73 Å². The first-order chi connectivity index (χ1) is 15.2. The molecular formula is C24H27F2N3O3. The van der Waals surface area contributed by atoms with Crippen LogP contribution < -0.4 is 5.73 Å². The predicted molar refractivity (Wildman–Crippen MR) is 115 cm³/mol. The van der Waals surface area contributed by atoms with E-state index >= 15 is 0 Å². The number of likely N-dealkylation sites (N-methyl/N-ethyl adjacent to an activating group) is 1. The Labute approximate surface area is 186 Å². The SMILES string of the molecule is C[C@H](N)C(=O)N(C(=O)Cc1cc(F)cc(F)c1)[C@H]1CCC[C@H](c2ccccc2)N(C)C1=O. The van der Waals surface area contributed by atoms with Gasteiger partial charge in [-0.1, -0.05) is 30.3 Å².